The summed E-state index contributed by atoms with van der Waals surface area (Å²) in [6.45, 7) is 1.99. The highest BCUT2D eigenvalue weighted by Crippen LogP contribution is 2.31. The fraction of sp³-hybridized carbons (Fsp3) is 0.364. The second-order valence-corrected chi connectivity index (χ2v) is 4.74. The number of nitrogens with one attached hydrogen (secondary N) is 1. The molecular formula is C11H11Cl2NO. The molecule has 0 spiro atoms. The molecule has 0 saturated carbocycles. The molecule has 15 heavy (non-hydrogen) atoms. The van der Waals surface area contributed by atoms with Crippen LogP contribution >= 0.6 is 23.2 Å². The van der Waals surface area contributed by atoms with Gasteiger partial charge in [-0.1, -0.05) is 23.2 Å². The molecular weight excluding hydrogens is 233 g/mol. The minimum absolute atomic E-state index is 0.0867. The van der Waals surface area contributed by atoms with E-state index in [0.29, 0.717) is 16.5 Å². The summed E-state index contributed by atoms with van der Waals surface area (Å²) in [6.07, 6.45) is 0.512. The van der Waals surface area contributed by atoms with Gasteiger partial charge in [0.05, 0.1) is 0 Å². The Balaban J connectivity index is 2.33. The van der Waals surface area contributed by atoms with Crippen LogP contribution in [-0.2, 0) is 4.79 Å². The van der Waals surface area contributed by atoms with Crippen molar-refractivity contribution >= 4 is 29.1 Å². The molecule has 0 unspecified atom stereocenters. The zero-order valence-electron chi connectivity index (χ0n) is 8.26. The van der Waals surface area contributed by atoms with E-state index in [-0.39, 0.29) is 17.9 Å². The van der Waals surface area contributed by atoms with Crippen LogP contribution in [0.15, 0.2) is 18.2 Å². The summed E-state index contributed by atoms with van der Waals surface area (Å²) in [4.78, 5) is 11.2. The third-order valence-electron chi connectivity index (χ3n) is 2.71. The minimum atomic E-state index is 0.0867. The highest BCUT2D eigenvalue weighted by molar-refractivity contribution is 6.34. The molecule has 1 fully saturated rings. The van der Waals surface area contributed by atoms with E-state index >= 15 is 0 Å². The Labute approximate surface area is 98.6 Å². The lowest BCUT2D eigenvalue weighted by Gasteiger charge is -2.14. The van der Waals surface area contributed by atoms with E-state index in [9.17, 15) is 4.79 Å². The summed E-state index contributed by atoms with van der Waals surface area (Å²) < 4.78 is 0. The molecule has 1 N–H and O–H groups in total. The maximum Gasteiger partial charge on any atom is 0.220 e. The van der Waals surface area contributed by atoms with E-state index in [0.717, 1.165) is 5.56 Å². The van der Waals surface area contributed by atoms with Gasteiger partial charge in [-0.15, -0.1) is 0 Å². The Morgan fingerprint density at radius 2 is 1.87 bits per heavy atom. The normalized spacial score (nSPS) is 25.4. The maximum atomic E-state index is 11.2. The Kier molecular flexibility index (Phi) is 2.89. The molecule has 1 amide bonds. The number of hydrogen-bond donors (Lipinski definition) is 1. The monoisotopic (exact) mass is 243 g/mol. The van der Waals surface area contributed by atoms with Crippen LogP contribution in [-0.4, -0.2) is 11.9 Å². The molecule has 80 valence electrons. The van der Waals surface area contributed by atoms with Crippen LogP contribution in [0.2, 0.25) is 10.0 Å². The molecule has 1 aliphatic heterocycles. The quantitative estimate of drug-likeness (QED) is 0.808. The van der Waals surface area contributed by atoms with Gasteiger partial charge in [-0.25, -0.2) is 0 Å². The zero-order chi connectivity index (χ0) is 11.0. The van der Waals surface area contributed by atoms with Gasteiger partial charge in [-0.05, 0) is 30.7 Å². The van der Waals surface area contributed by atoms with Gasteiger partial charge < -0.3 is 5.32 Å². The molecule has 0 aliphatic carbocycles. The number of carbonyl (C=O) groups is 1. The molecule has 2 atom stereocenters. The summed E-state index contributed by atoms with van der Waals surface area (Å²) >= 11 is 11.8. The van der Waals surface area contributed by atoms with E-state index in [4.69, 9.17) is 23.2 Å². The van der Waals surface area contributed by atoms with Gasteiger partial charge in [-0.3, -0.25) is 4.79 Å². The second kappa shape index (κ2) is 4.03. The van der Waals surface area contributed by atoms with Crippen molar-refractivity contribution in [2.24, 2.45) is 0 Å². The van der Waals surface area contributed by atoms with Crippen LogP contribution in [0.5, 0.6) is 0 Å². The third-order valence-corrected chi connectivity index (χ3v) is 3.15. The lowest BCUT2D eigenvalue weighted by molar-refractivity contribution is -0.119. The van der Waals surface area contributed by atoms with E-state index < -0.39 is 0 Å². The fourth-order valence-electron chi connectivity index (χ4n) is 1.99. The van der Waals surface area contributed by atoms with Crippen LogP contribution in [0.1, 0.15) is 24.8 Å². The average molecular weight is 244 g/mol. The number of benzene rings is 1. The number of amides is 1. The predicted octanol–water partition coefficient (Wildman–Crippen LogP) is 2.99. The van der Waals surface area contributed by atoms with E-state index in [1.165, 1.54) is 0 Å². The summed E-state index contributed by atoms with van der Waals surface area (Å²) in [5.41, 5.74) is 1.03. The van der Waals surface area contributed by atoms with Crippen LogP contribution in [0.3, 0.4) is 0 Å². The number of carbonyl (C=O) groups excluding carboxylic acids is 1. The van der Waals surface area contributed by atoms with Gasteiger partial charge in [-0.2, -0.15) is 0 Å². The highest BCUT2D eigenvalue weighted by Gasteiger charge is 2.30. The van der Waals surface area contributed by atoms with Gasteiger partial charge >= 0.3 is 0 Å². The van der Waals surface area contributed by atoms with Crippen LogP contribution in [0.4, 0.5) is 0 Å². The van der Waals surface area contributed by atoms with Gasteiger partial charge in [0, 0.05) is 28.4 Å². The van der Waals surface area contributed by atoms with Crippen molar-refractivity contribution in [2.45, 2.75) is 25.3 Å². The zero-order valence-corrected chi connectivity index (χ0v) is 9.77. The van der Waals surface area contributed by atoms with Crippen molar-refractivity contribution in [3.05, 3.63) is 33.8 Å². The lowest BCUT2D eigenvalue weighted by atomic mass is 9.93. The molecule has 4 heteroatoms. The van der Waals surface area contributed by atoms with Gasteiger partial charge in [0.1, 0.15) is 0 Å². The summed E-state index contributed by atoms with van der Waals surface area (Å²) in [5.74, 6) is 0.261. The number of rotatable bonds is 1. The van der Waals surface area contributed by atoms with E-state index in [1.807, 2.05) is 19.1 Å². The summed E-state index contributed by atoms with van der Waals surface area (Å²) in [7, 11) is 0. The first kappa shape index (κ1) is 10.8. The molecule has 1 aromatic carbocycles. The molecule has 1 aliphatic rings. The summed E-state index contributed by atoms with van der Waals surface area (Å²) in [6, 6.07) is 5.58. The van der Waals surface area contributed by atoms with Crippen molar-refractivity contribution in [1.82, 2.24) is 5.32 Å². The number of hydrogen-bond acceptors (Lipinski definition) is 1. The van der Waals surface area contributed by atoms with Crippen molar-refractivity contribution in [2.75, 3.05) is 0 Å². The van der Waals surface area contributed by atoms with Crippen LogP contribution < -0.4 is 5.32 Å². The minimum Gasteiger partial charge on any atom is -0.353 e. The number of halogens is 2. The standard InChI is InChI=1S/C11H11Cl2NO/c1-6-10(5-11(15)14-6)7-2-8(12)4-9(13)3-7/h2-4,6,10H,5H2,1H3,(H,14,15)/t6-,10-/m0/s1. The highest BCUT2D eigenvalue weighted by atomic mass is 35.5. The molecule has 1 aromatic rings. The molecule has 2 rings (SSSR count). The van der Waals surface area contributed by atoms with Crippen LogP contribution in [0.25, 0.3) is 0 Å². The SMILES string of the molecule is C[C@@H]1NC(=O)C[C@@H]1c1cc(Cl)cc(Cl)c1. The molecule has 1 saturated heterocycles. The lowest BCUT2D eigenvalue weighted by Crippen LogP contribution is -2.24. The van der Waals surface area contributed by atoms with Crippen molar-refractivity contribution < 1.29 is 4.79 Å². The van der Waals surface area contributed by atoms with Crippen LogP contribution in [0, 0.1) is 0 Å². The van der Waals surface area contributed by atoms with Gasteiger partial charge in [0.2, 0.25) is 5.91 Å². The molecule has 0 aromatic heterocycles. The Bertz CT molecular complexity index is 385. The first-order valence-corrected chi connectivity index (χ1v) is 5.57. The molecule has 0 radical (unpaired) electrons. The average Bonchev–Trinajstić information content (AvgIpc) is 2.43. The van der Waals surface area contributed by atoms with Crippen molar-refractivity contribution in [1.29, 1.82) is 0 Å². The molecule has 2 nitrogen and oxygen atoms in total. The van der Waals surface area contributed by atoms with E-state index in [2.05, 4.69) is 5.32 Å². The Morgan fingerprint density at radius 1 is 1.27 bits per heavy atom. The first-order valence-electron chi connectivity index (χ1n) is 4.81. The van der Waals surface area contributed by atoms with Crippen molar-refractivity contribution in [3.8, 4) is 0 Å². The van der Waals surface area contributed by atoms with Crippen molar-refractivity contribution in [3.63, 3.8) is 0 Å². The Morgan fingerprint density at radius 3 is 2.33 bits per heavy atom. The van der Waals surface area contributed by atoms with E-state index in [1.54, 1.807) is 6.07 Å². The third kappa shape index (κ3) is 2.27. The predicted molar refractivity (Wildman–Crippen MR) is 61.4 cm³/mol. The molecule has 1 heterocycles. The first-order chi connectivity index (χ1) is 7.06. The smallest absolute Gasteiger partial charge is 0.220 e. The second-order valence-electron chi connectivity index (χ2n) is 3.87. The molecule has 0 bridgehead atoms. The van der Waals surface area contributed by atoms with Gasteiger partial charge in [0.25, 0.3) is 0 Å². The summed E-state index contributed by atoms with van der Waals surface area (Å²) in [5, 5.41) is 4.11. The fourth-order valence-corrected chi connectivity index (χ4v) is 2.53. The maximum absolute atomic E-state index is 11.2. The largest absolute Gasteiger partial charge is 0.353 e. The topological polar surface area (TPSA) is 29.1 Å². The van der Waals surface area contributed by atoms with Gasteiger partial charge in [0.15, 0.2) is 0 Å². The Hall–Kier alpha value is -0.730.